The van der Waals surface area contributed by atoms with Crippen LogP contribution in [0.15, 0.2) is 12.3 Å². The van der Waals surface area contributed by atoms with Crippen LogP contribution in [0.2, 0.25) is 0 Å². The molecule has 5 nitrogen and oxygen atoms in total. The zero-order valence-corrected chi connectivity index (χ0v) is 11.2. The van der Waals surface area contributed by atoms with Crippen LogP contribution in [-0.4, -0.2) is 43.3 Å². The van der Waals surface area contributed by atoms with Gasteiger partial charge in [0.1, 0.15) is 5.82 Å². The van der Waals surface area contributed by atoms with E-state index >= 15 is 0 Å². The number of aromatic nitrogens is 2. The van der Waals surface area contributed by atoms with Crippen molar-refractivity contribution in [2.75, 3.05) is 37.5 Å². The predicted octanol–water partition coefficient (Wildman–Crippen LogP) is 1.91. The van der Waals surface area contributed by atoms with E-state index < -0.39 is 0 Å². The minimum atomic E-state index is 0.475. The van der Waals surface area contributed by atoms with Crippen molar-refractivity contribution in [3.05, 3.63) is 12.3 Å². The zero-order chi connectivity index (χ0) is 12.8. The highest BCUT2D eigenvalue weighted by atomic mass is 16.5. The van der Waals surface area contributed by atoms with Crippen LogP contribution in [0, 0.1) is 0 Å². The molecule has 1 unspecified atom stereocenters. The molecule has 0 spiro atoms. The average Bonchev–Trinajstić information content (AvgIpc) is 2.92. The van der Waals surface area contributed by atoms with Gasteiger partial charge in [-0.15, -0.1) is 0 Å². The largest absolute Gasteiger partial charge is 0.378 e. The van der Waals surface area contributed by atoms with Crippen LogP contribution < -0.4 is 10.2 Å². The van der Waals surface area contributed by atoms with Crippen molar-refractivity contribution < 1.29 is 4.74 Å². The lowest BCUT2D eigenvalue weighted by Gasteiger charge is -2.18. The summed E-state index contributed by atoms with van der Waals surface area (Å²) in [6.07, 6.45) is 6.95. The van der Waals surface area contributed by atoms with E-state index in [1.54, 1.807) is 6.20 Å². The fourth-order valence-corrected chi connectivity index (χ4v) is 2.20. The molecule has 1 aromatic rings. The van der Waals surface area contributed by atoms with Gasteiger partial charge in [-0.05, 0) is 31.7 Å². The highest BCUT2D eigenvalue weighted by molar-refractivity contribution is 5.39. The number of hydrogen-bond donors (Lipinski definition) is 1. The molecular formula is C13H22N4O. The topological polar surface area (TPSA) is 50.3 Å². The molecule has 2 heterocycles. The van der Waals surface area contributed by atoms with Crippen LogP contribution in [0.5, 0.6) is 0 Å². The van der Waals surface area contributed by atoms with E-state index in [1.165, 1.54) is 12.8 Å². The van der Waals surface area contributed by atoms with Crippen molar-refractivity contribution in [3.63, 3.8) is 0 Å². The van der Waals surface area contributed by atoms with Crippen molar-refractivity contribution in [3.8, 4) is 0 Å². The molecule has 1 atom stereocenters. The molecule has 0 aromatic carbocycles. The molecule has 0 aliphatic carbocycles. The molecule has 5 heteroatoms. The van der Waals surface area contributed by atoms with E-state index in [9.17, 15) is 0 Å². The molecule has 0 radical (unpaired) electrons. The Labute approximate surface area is 109 Å². The summed E-state index contributed by atoms with van der Waals surface area (Å²) in [7, 11) is 3.90. The van der Waals surface area contributed by atoms with Crippen LogP contribution >= 0.6 is 0 Å². The summed E-state index contributed by atoms with van der Waals surface area (Å²) in [4.78, 5) is 10.8. The number of anilines is 2. The summed E-state index contributed by atoms with van der Waals surface area (Å²) in [5.74, 6) is 1.63. The Morgan fingerprint density at radius 1 is 1.56 bits per heavy atom. The van der Waals surface area contributed by atoms with Gasteiger partial charge in [0, 0.05) is 33.4 Å². The second kappa shape index (κ2) is 6.54. The summed E-state index contributed by atoms with van der Waals surface area (Å²) < 4.78 is 5.62. The number of nitrogens with one attached hydrogen (secondary N) is 1. The second-order valence-electron chi connectivity index (χ2n) is 4.69. The highest BCUT2D eigenvalue weighted by Gasteiger charge is 2.15. The molecule has 0 bridgehead atoms. The monoisotopic (exact) mass is 250 g/mol. The summed E-state index contributed by atoms with van der Waals surface area (Å²) >= 11 is 0. The maximum Gasteiger partial charge on any atom is 0.226 e. The Bertz CT molecular complexity index is 366. The van der Waals surface area contributed by atoms with E-state index in [0.717, 1.165) is 37.8 Å². The van der Waals surface area contributed by atoms with Crippen molar-refractivity contribution >= 4 is 11.8 Å². The Kier molecular flexibility index (Phi) is 4.75. The minimum absolute atomic E-state index is 0.475. The second-order valence-corrected chi connectivity index (χ2v) is 4.69. The van der Waals surface area contributed by atoms with E-state index in [2.05, 4.69) is 20.2 Å². The van der Waals surface area contributed by atoms with Crippen LogP contribution in [0.4, 0.5) is 11.8 Å². The number of ether oxygens (including phenoxy) is 1. The number of rotatable bonds is 6. The van der Waals surface area contributed by atoms with Crippen molar-refractivity contribution in [2.45, 2.75) is 31.8 Å². The molecule has 0 saturated carbocycles. The van der Waals surface area contributed by atoms with Crippen LogP contribution in [0.1, 0.15) is 25.7 Å². The molecular weight excluding hydrogens is 228 g/mol. The van der Waals surface area contributed by atoms with Crippen LogP contribution in [-0.2, 0) is 4.74 Å². The molecule has 1 aliphatic heterocycles. The molecule has 100 valence electrons. The van der Waals surface area contributed by atoms with Gasteiger partial charge in [-0.2, -0.15) is 4.98 Å². The van der Waals surface area contributed by atoms with Gasteiger partial charge in [0.15, 0.2) is 0 Å². The van der Waals surface area contributed by atoms with Crippen LogP contribution in [0.3, 0.4) is 0 Å². The van der Waals surface area contributed by atoms with Gasteiger partial charge < -0.3 is 15.0 Å². The fourth-order valence-electron chi connectivity index (χ4n) is 2.20. The van der Waals surface area contributed by atoms with E-state index in [-0.39, 0.29) is 0 Å². The Balaban J connectivity index is 1.77. The van der Waals surface area contributed by atoms with E-state index in [1.807, 2.05) is 20.2 Å². The smallest absolute Gasteiger partial charge is 0.226 e. The molecule has 2 rings (SSSR count). The summed E-state index contributed by atoms with van der Waals surface area (Å²) in [6.45, 7) is 1.90. The Morgan fingerprint density at radius 3 is 3.17 bits per heavy atom. The standard InChI is InChI=1S/C13H22N4O/c1-14-12-7-8-15-13(16-12)17(2)9-3-5-11-6-4-10-18-11/h7-8,11H,3-6,9-10H2,1-2H3,(H,14,15,16). The lowest BCUT2D eigenvalue weighted by atomic mass is 10.1. The Morgan fingerprint density at radius 2 is 2.44 bits per heavy atom. The summed E-state index contributed by atoms with van der Waals surface area (Å²) in [6, 6.07) is 1.86. The quantitative estimate of drug-likeness (QED) is 0.836. The van der Waals surface area contributed by atoms with Gasteiger partial charge >= 0.3 is 0 Å². The molecule has 18 heavy (non-hydrogen) atoms. The van der Waals surface area contributed by atoms with Gasteiger partial charge in [-0.1, -0.05) is 0 Å². The van der Waals surface area contributed by atoms with Crippen molar-refractivity contribution in [2.24, 2.45) is 0 Å². The fraction of sp³-hybridized carbons (Fsp3) is 0.692. The molecule has 1 aromatic heterocycles. The highest BCUT2D eigenvalue weighted by Crippen LogP contribution is 2.17. The maximum atomic E-state index is 5.62. The van der Waals surface area contributed by atoms with Gasteiger partial charge in [0.05, 0.1) is 6.10 Å². The first kappa shape index (κ1) is 13.1. The lowest BCUT2D eigenvalue weighted by Crippen LogP contribution is -2.22. The lowest BCUT2D eigenvalue weighted by molar-refractivity contribution is 0.103. The number of hydrogen-bond acceptors (Lipinski definition) is 5. The predicted molar refractivity (Wildman–Crippen MR) is 73.1 cm³/mol. The van der Waals surface area contributed by atoms with Crippen molar-refractivity contribution in [1.29, 1.82) is 0 Å². The third kappa shape index (κ3) is 3.57. The molecule has 1 aliphatic rings. The normalized spacial score (nSPS) is 18.9. The Hall–Kier alpha value is -1.36. The number of nitrogens with zero attached hydrogens (tertiary/aromatic N) is 3. The summed E-state index contributed by atoms with van der Waals surface area (Å²) in [5, 5.41) is 3.03. The first-order chi connectivity index (χ1) is 8.79. The van der Waals surface area contributed by atoms with Crippen molar-refractivity contribution in [1.82, 2.24) is 9.97 Å². The molecule has 0 amide bonds. The van der Waals surface area contributed by atoms with Gasteiger partial charge in [0.2, 0.25) is 5.95 Å². The summed E-state index contributed by atoms with van der Waals surface area (Å²) in [5.41, 5.74) is 0. The molecule has 1 saturated heterocycles. The van der Waals surface area contributed by atoms with E-state index in [4.69, 9.17) is 4.74 Å². The maximum absolute atomic E-state index is 5.62. The average molecular weight is 250 g/mol. The third-order valence-electron chi connectivity index (χ3n) is 3.28. The van der Waals surface area contributed by atoms with Gasteiger partial charge in [0.25, 0.3) is 0 Å². The third-order valence-corrected chi connectivity index (χ3v) is 3.28. The van der Waals surface area contributed by atoms with E-state index in [0.29, 0.717) is 6.10 Å². The first-order valence-corrected chi connectivity index (χ1v) is 6.63. The van der Waals surface area contributed by atoms with Gasteiger partial charge in [-0.3, -0.25) is 0 Å². The first-order valence-electron chi connectivity index (χ1n) is 6.63. The minimum Gasteiger partial charge on any atom is -0.378 e. The molecule has 1 fully saturated rings. The zero-order valence-electron chi connectivity index (χ0n) is 11.2. The van der Waals surface area contributed by atoms with Crippen LogP contribution in [0.25, 0.3) is 0 Å². The van der Waals surface area contributed by atoms with Gasteiger partial charge in [-0.25, -0.2) is 4.98 Å². The SMILES string of the molecule is CNc1ccnc(N(C)CCCC2CCCO2)n1. The molecule has 1 N–H and O–H groups in total.